The highest BCUT2D eigenvalue weighted by Gasteiger charge is 2.27. The van der Waals surface area contributed by atoms with Gasteiger partial charge < -0.3 is 5.32 Å². The van der Waals surface area contributed by atoms with Crippen molar-refractivity contribution in [3.05, 3.63) is 59.7 Å². The maximum Gasteiger partial charge on any atom is 0.225 e. The third-order valence-corrected chi connectivity index (χ3v) is 5.71. The van der Waals surface area contributed by atoms with Gasteiger partial charge in [-0.1, -0.05) is 36.4 Å². The molecule has 0 saturated carbocycles. The molecule has 0 bridgehead atoms. The lowest BCUT2D eigenvalue weighted by atomic mass is 9.99. The van der Waals surface area contributed by atoms with Gasteiger partial charge in [-0.25, -0.2) is 0 Å². The number of nitrogens with zero attached hydrogens (tertiary/aromatic N) is 1. The molecule has 0 spiro atoms. The van der Waals surface area contributed by atoms with Crippen molar-refractivity contribution in [3.8, 4) is 0 Å². The Kier molecular flexibility index (Phi) is 6.16. The Labute approximate surface area is 154 Å². The van der Waals surface area contributed by atoms with Crippen LogP contribution in [0.2, 0.25) is 0 Å². The van der Waals surface area contributed by atoms with Gasteiger partial charge in [0.1, 0.15) is 0 Å². The van der Waals surface area contributed by atoms with Gasteiger partial charge in [-0.2, -0.15) is 0 Å². The van der Waals surface area contributed by atoms with Crippen LogP contribution in [0.15, 0.2) is 53.4 Å². The number of likely N-dealkylation sites (tertiary alicyclic amines) is 1. The monoisotopic (exact) mass is 354 g/mol. The predicted molar refractivity (Wildman–Crippen MR) is 106 cm³/mol. The first kappa shape index (κ1) is 18.0. The van der Waals surface area contributed by atoms with E-state index in [0.717, 1.165) is 23.7 Å². The Morgan fingerprint density at radius 1 is 1.20 bits per heavy atom. The van der Waals surface area contributed by atoms with Crippen LogP contribution in [0.3, 0.4) is 0 Å². The van der Waals surface area contributed by atoms with Crippen molar-refractivity contribution in [3.63, 3.8) is 0 Å². The van der Waals surface area contributed by atoms with E-state index in [1.807, 2.05) is 30.5 Å². The Morgan fingerprint density at radius 3 is 2.76 bits per heavy atom. The topological polar surface area (TPSA) is 32.3 Å². The minimum Gasteiger partial charge on any atom is -0.325 e. The van der Waals surface area contributed by atoms with E-state index in [1.54, 1.807) is 11.8 Å². The van der Waals surface area contributed by atoms with E-state index < -0.39 is 0 Å². The summed E-state index contributed by atoms with van der Waals surface area (Å²) in [5.74, 6) is 0.0944. The van der Waals surface area contributed by atoms with Crippen LogP contribution in [0.4, 0.5) is 5.69 Å². The summed E-state index contributed by atoms with van der Waals surface area (Å²) < 4.78 is 0. The average Bonchev–Trinajstić information content (AvgIpc) is 3.09. The molecule has 1 unspecified atom stereocenters. The molecule has 1 amide bonds. The molecule has 2 aromatic rings. The SMILES string of the molecule is CSc1ccccc1NC(=O)CCN1CCCC1c1ccccc1C. The summed E-state index contributed by atoms with van der Waals surface area (Å²) in [6.07, 6.45) is 4.95. The van der Waals surface area contributed by atoms with E-state index in [9.17, 15) is 4.79 Å². The lowest BCUT2D eigenvalue weighted by Crippen LogP contribution is -2.28. The second kappa shape index (κ2) is 8.54. The molecule has 1 fully saturated rings. The zero-order valence-electron chi connectivity index (χ0n) is 15.0. The quantitative estimate of drug-likeness (QED) is 0.750. The molecule has 1 saturated heterocycles. The highest BCUT2D eigenvalue weighted by Crippen LogP contribution is 2.33. The molecule has 3 nitrogen and oxygen atoms in total. The number of carbonyl (C=O) groups excluding carboxylic acids is 1. The van der Waals surface area contributed by atoms with Gasteiger partial charge in [0.05, 0.1) is 5.69 Å². The van der Waals surface area contributed by atoms with Crippen molar-refractivity contribution in [2.45, 2.75) is 37.1 Å². The highest BCUT2D eigenvalue weighted by atomic mass is 32.2. The second-order valence-corrected chi connectivity index (χ2v) is 7.40. The summed E-state index contributed by atoms with van der Waals surface area (Å²) in [5, 5.41) is 3.06. The van der Waals surface area contributed by atoms with Crippen LogP contribution in [-0.2, 0) is 4.79 Å². The Balaban J connectivity index is 1.59. The molecule has 1 heterocycles. The number of hydrogen-bond donors (Lipinski definition) is 1. The maximum atomic E-state index is 12.4. The summed E-state index contributed by atoms with van der Waals surface area (Å²) in [6.45, 7) is 4.07. The summed E-state index contributed by atoms with van der Waals surface area (Å²) in [7, 11) is 0. The molecule has 0 aliphatic carbocycles. The van der Waals surface area contributed by atoms with Gasteiger partial charge in [0.2, 0.25) is 5.91 Å². The normalized spacial score (nSPS) is 17.6. The molecule has 0 aromatic heterocycles. The highest BCUT2D eigenvalue weighted by molar-refractivity contribution is 7.98. The van der Waals surface area contributed by atoms with Crippen molar-refractivity contribution in [1.82, 2.24) is 4.90 Å². The smallest absolute Gasteiger partial charge is 0.225 e. The van der Waals surface area contributed by atoms with E-state index in [-0.39, 0.29) is 5.91 Å². The van der Waals surface area contributed by atoms with Crippen LogP contribution >= 0.6 is 11.8 Å². The number of anilines is 1. The van der Waals surface area contributed by atoms with E-state index in [4.69, 9.17) is 0 Å². The van der Waals surface area contributed by atoms with E-state index >= 15 is 0 Å². The van der Waals surface area contributed by atoms with Gasteiger partial charge in [0, 0.05) is 23.9 Å². The second-order valence-electron chi connectivity index (χ2n) is 6.55. The number of rotatable bonds is 6. The van der Waals surface area contributed by atoms with Crippen LogP contribution in [0.25, 0.3) is 0 Å². The van der Waals surface area contributed by atoms with Gasteiger partial charge in [0.25, 0.3) is 0 Å². The number of amides is 1. The van der Waals surface area contributed by atoms with Gasteiger partial charge >= 0.3 is 0 Å². The zero-order chi connectivity index (χ0) is 17.6. The summed E-state index contributed by atoms with van der Waals surface area (Å²) in [4.78, 5) is 16.0. The van der Waals surface area contributed by atoms with Crippen molar-refractivity contribution in [1.29, 1.82) is 0 Å². The fourth-order valence-electron chi connectivity index (χ4n) is 3.61. The number of thioether (sulfide) groups is 1. The first-order valence-electron chi connectivity index (χ1n) is 8.91. The van der Waals surface area contributed by atoms with Crippen molar-refractivity contribution in [2.24, 2.45) is 0 Å². The molecule has 4 heteroatoms. The molecule has 3 rings (SSSR count). The third kappa shape index (κ3) is 4.44. The molecular weight excluding hydrogens is 328 g/mol. The number of hydrogen-bond acceptors (Lipinski definition) is 3. The summed E-state index contributed by atoms with van der Waals surface area (Å²) >= 11 is 1.65. The van der Waals surface area contributed by atoms with Crippen LogP contribution in [0.5, 0.6) is 0 Å². The van der Waals surface area contributed by atoms with Gasteiger partial charge in [-0.15, -0.1) is 11.8 Å². The predicted octanol–water partition coefficient (Wildman–Crippen LogP) is 4.88. The lowest BCUT2D eigenvalue weighted by Gasteiger charge is -2.26. The van der Waals surface area contributed by atoms with Gasteiger partial charge in [-0.3, -0.25) is 9.69 Å². The molecular formula is C21H26N2OS. The number of carbonyl (C=O) groups is 1. The number of para-hydroxylation sites is 1. The minimum atomic E-state index is 0.0944. The Morgan fingerprint density at radius 2 is 1.96 bits per heavy atom. The Bertz CT molecular complexity index is 731. The van der Waals surface area contributed by atoms with E-state index in [1.165, 1.54) is 24.0 Å². The van der Waals surface area contributed by atoms with Crippen molar-refractivity contribution >= 4 is 23.4 Å². The lowest BCUT2D eigenvalue weighted by molar-refractivity contribution is -0.116. The maximum absolute atomic E-state index is 12.4. The molecule has 2 aromatic carbocycles. The molecule has 0 radical (unpaired) electrons. The van der Waals surface area contributed by atoms with Crippen LogP contribution in [-0.4, -0.2) is 30.2 Å². The minimum absolute atomic E-state index is 0.0944. The van der Waals surface area contributed by atoms with E-state index in [0.29, 0.717) is 12.5 Å². The van der Waals surface area contributed by atoms with E-state index in [2.05, 4.69) is 41.4 Å². The zero-order valence-corrected chi connectivity index (χ0v) is 15.8. The van der Waals surface area contributed by atoms with Gasteiger partial charge in [0.15, 0.2) is 0 Å². The van der Waals surface area contributed by atoms with Crippen molar-refractivity contribution < 1.29 is 4.79 Å². The molecule has 1 aliphatic heterocycles. The van der Waals surface area contributed by atoms with Crippen molar-refractivity contribution in [2.75, 3.05) is 24.7 Å². The van der Waals surface area contributed by atoms with Crippen LogP contribution < -0.4 is 5.32 Å². The molecule has 1 N–H and O–H groups in total. The standard InChI is InChI=1S/C21H26N2OS/c1-16-8-3-4-9-17(16)19-11-7-14-23(19)15-13-21(24)22-18-10-5-6-12-20(18)25-2/h3-6,8-10,12,19H,7,11,13-15H2,1-2H3,(H,22,24). The third-order valence-electron chi connectivity index (χ3n) is 4.92. The molecule has 132 valence electrons. The number of nitrogens with one attached hydrogen (secondary N) is 1. The molecule has 1 atom stereocenters. The van der Waals surface area contributed by atoms with Gasteiger partial charge in [-0.05, 0) is 55.8 Å². The Hall–Kier alpha value is -1.78. The summed E-state index contributed by atoms with van der Waals surface area (Å²) in [6, 6.07) is 17.0. The number of aryl methyl sites for hydroxylation is 1. The fourth-order valence-corrected chi connectivity index (χ4v) is 4.17. The first-order chi connectivity index (χ1) is 12.2. The largest absolute Gasteiger partial charge is 0.325 e. The fraction of sp³-hybridized carbons (Fsp3) is 0.381. The molecule has 25 heavy (non-hydrogen) atoms. The molecule has 1 aliphatic rings. The van der Waals surface area contributed by atoms with Crippen LogP contribution in [0, 0.1) is 6.92 Å². The summed E-state index contributed by atoms with van der Waals surface area (Å²) in [5.41, 5.74) is 3.67. The number of benzene rings is 2. The first-order valence-corrected chi connectivity index (χ1v) is 10.1. The van der Waals surface area contributed by atoms with Crippen LogP contribution in [0.1, 0.15) is 36.4 Å². The average molecular weight is 355 g/mol.